The van der Waals surface area contributed by atoms with Crippen LogP contribution >= 0.6 is 0 Å². The molecule has 0 spiro atoms. The van der Waals surface area contributed by atoms with Crippen LogP contribution < -0.4 is 10.1 Å². The largest absolute Gasteiger partial charge is 0.494 e. The Labute approximate surface area is 165 Å². The summed E-state index contributed by atoms with van der Waals surface area (Å²) >= 11 is 0. The molecule has 144 valence electrons. The van der Waals surface area contributed by atoms with Crippen LogP contribution in [0.5, 0.6) is 5.75 Å². The fraction of sp³-hybridized carbons (Fsp3) is 0.333. The van der Waals surface area contributed by atoms with Crippen molar-refractivity contribution in [2.24, 2.45) is 0 Å². The van der Waals surface area contributed by atoms with E-state index >= 15 is 0 Å². The highest BCUT2D eigenvalue weighted by atomic mass is 16.5. The molecule has 0 radical (unpaired) electrons. The van der Waals surface area contributed by atoms with Gasteiger partial charge in [-0.1, -0.05) is 49.1 Å². The highest BCUT2D eigenvalue weighted by molar-refractivity contribution is 6.06. The van der Waals surface area contributed by atoms with Gasteiger partial charge in [-0.2, -0.15) is 0 Å². The van der Waals surface area contributed by atoms with Gasteiger partial charge >= 0.3 is 0 Å². The minimum absolute atomic E-state index is 0.0753. The summed E-state index contributed by atoms with van der Waals surface area (Å²) in [7, 11) is 1.64. The normalized spacial score (nSPS) is 15.9. The van der Waals surface area contributed by atoms with Gasteiger partial charge in [-0.25, -0.2) is 0 Å². The molecule has 0 atom stereocenters. The summed E-state index contributed by atoms with van der Waals surface area (Å²) in [5, 5.41) is 4.12. The zero-order chi connectivity index (χ0) is 19.6. The lowest BCUT2D eigenvalue weighted by atomic mass is 9.68. The Morgan fingerprint density at radius 1 is 1.04 bits per heavy atom. The number of carbonyl (C=O) groups excluding carboxylic acids is 1. The van der Waals surface area contributed by atoms with Crippen molar-refractivity contribution >= 4 is 22.5 Å². The van der Waals surface area contributed by atoms with E-state index in [1.807, 2.05) is 24.3 Å². The van der Waals surface area contributed by atoms with Gasteiger partial charge in [0.1, 0.15) is 11.3 Å². The molecule has 1 aliphatic rings. The van der Waals surface area contributed by atoms with E-state index in [-0.39, 0.29) is 5.91 Å². The smallest absolute Gasteiger partial charge is 0.235 e. The average Bonchev–Trinajstić information content (AvgIpc) is 2.75. The maximum absolute atomic E-state index is 13.6. The quantitative estimate of drug-likeness (QED) is 0.666. The SMILES string of the molecule is COc1ccc(NC(=O)C2(c3ccc(C)cc3)CCCCC2)c2cccnc12. The molecule has 4 heteroatoms. The van der Waals surface area contributed by atoms with Crippen LogP contribution in [0.2, 0.25) is 0 Å². The molecule has 4 rings (SSSR count). The number of ether oxygens (including phenoxy) is 1. The molecule has 1 fully saturated rings. The lowest BCUT2D eigenvalue weighted by molar-refractivity contribution is -0.122. The van der Waals surface area contributed by atoms with Gasteiger partial charge in [0, 0.05) is 11.6 Å². The second-order valence-corrected chi connectivity index (χ2v) is 7.68. The Balaban J connectivity index is 1.73. The van der Waals surface area contributed by atoms with E-state index in [9.17, 15) is 4.79 Å². The van der Waals surface area contributed by atoms with Crippen molar-refractivity contribution in [3.63, 3.8) is 0 Å². The van der Waals surface area contributed by atoms with E-state index < -0.39 is 5.41 Å². The predicted molar refractivity (Wildman–Crippen MR) is 113 cm³/mol. The number of pyridine rings is 1. The number of rotatable bonds is 4. The molecule has 0 bridgehead atoms. The van der Waals surface area contributed by atoms with E-state index in [0.717, 1.165) is 47.8 Å². The van der Waals surface area contributed by atoms with Gasteiger partial charge in [0.05, 0.1) is 18.2 Å². The number of hydrogen-bond acceptors (Lipinski definition) is 3. The van der Waals surface area contributed by atoms with Gasteiger partial charge in [0.25, 0.3) is 0 Å². The predicted octanol–water partition coefficient (Wildman–Crippen LogP) is 5.39. The van der Waals surface area contributed by atoms with E-state index in [0.29, 0.717) is 5.75 Å². The maximum Gasteiger partial charge on any atom is 0.235 e. The van der Waals surface area contributed by atoms with Crippen LogP contribution in [-0.2, 0) is 10.2 Å². The van der Waals surface area contributed by atoms with Gasteiger partial charge in [-0.15, -0.1) is 0 Å². The molecule has 1 amide bonds. The highest BCUT2D eigenvalue weighted by Crippen LogP contribution is 2.41. The summed E-state index contributed by atoms with van der Waals surface area (Å²) in [5.74, 6) is 0.783. The standard InChI is InChI=1S/C24H26N2O2/c1-17-8-10-18(11-9-17)24(14-4-3-5-15-24)23(27)26-20-12-13-21(28-2)22-19(20)7-6-16-25-22/h6-13,16H,3-5,14-15H2,1-2H3,(H,26,27). The number of hydrogen-bond donors (Lipinski definition) is 1. The molecule has 1 heterocycles. The number of amides is 1. The second kappa shape index (κ2) is 7.63. The Hall–Kier alpha value is -2.88. The molecular weight excluding hydrogens is 348 g/mol. The monoisotopic (exact) mass is 374 g/mol. The third kappa shape index (κ3) is 3.24. The molecule has 1 aliphatic carbocycles. The Bertz CT molecular complexity index is 989. The second-order valence-electron chi connectivity index (χ2n) is 7.68. The van der Waals surface area contributed by atoms with Crippen LogP contribution in [-0.4, -0.2) is 18.0 Å². The number of nitrogens with zero attached hydrogens (tertiary/aromatic N) is 1. The minimum atomic E-state index is -0.472. The zero-order valence-electron chi connectivity index (χ0n) is 16.5. The van der Waals surface area contributed by atoms with Crippen molar-refractivity contribution in [2.45, 2.75) is 44.4 Å². The molecule has 1 aromatic heterocycles. The first kappa shape index (κ1) is 18.5. The number of fused-ring (bicyclic) bond motifs is 1. The van der Waals surface area contributed by atoms with Gasteiger partial charge in [-0.3, -0.25) is 9.78 Å². The van der Waals surface area contributed by atoms with Crippen molar-refractivity contribution in [3.8, 4) is 5.75 Å². The molecule has 28 heavy (non-hydrogen) atoms. The van der Waals surface area contributed by atoms with E-state index in [1.54, 1.807) is 13.3 Å². The molecular formula is C24H26N2O2. The summed E-state index contributed by atoms with van der Waals surface area (Å²) in [6, 6.07) is 16.1. The zero-order valence-corrected chi connectivity index (χ0v) is 16.5. The van der Waals surface area contributed by atoms with Crippen molar-refractivity contribution in [3.05, 3.63) is 65.9 Å². The first-order valence-corrected chi connectivity index (χ1v) is 9.94. The van der Waals surface area contributed by atoms with Crippen LogP contribution in [0.25, 0.3) is 10.9 Å². The van der Waals surface area contributed by atoms with Crippen molar-refractivity contribution in [1.29, 1.82) is 0 Å². The number of benzene rings is 2. The summed E-state index contributed by atoms with van der Waals surface area (Å²) < 4.78 is 5.43. The summed E-state index contributed by atoms with van der Waals surface area (Å²) in [4.78, 5) is 18.1. The molecule has 4 nitrogen and oxygen atoms in total. The van der Waals surface area contributed by atoms with E-state index in [1.165, 1.54) is 12.0 Å². The molecule has 1 saturated carbocycles. The summed E-state index contributed by atoms with van der Waals surface area (Å²) in [5.41, 5.74) is 3.40. The molecule has 0 aliphatic heterocycles. The van der Waals surface area contributed by atoms with Crippen LogP contribution in [0, 0.1) is 6.92 Å². The third-order valence-electron chi connectivity index (χ3n) is 5.95. The number of aromatic nitrogens is 1. The van der Waals surface area contributed by atoms with Crippen LogP contribution in [0.4, 0.5) is 5.69 Å². The van der Waals surface area contributed by atoms with Crippen LogP contribution in [0.1, 0.15) is 43.2 Å². The Morgan fingerprint density at radius 3 is 2.50 bits per heavy atom. The summed E-state index contributed by atoms with van der Waals surface area (Å²) in [6.45, 7) is 2.08. The van der Waals surface area contributed by atoms with Gasteiger partial charge in [-0.05, 0) is 49.6 Å². The fourth-order valence-electron chi connectivity index (χ4n) is 4.34. The molecule has 1 N–H and O–H groups in total. The average molecular weight is 374 g/mol. The number of methoxy groups -OCH3 is 1. The van der Waals surface area contributed by atoms with Crippen molar-refractivity contribution < 1.29 is 9.53 Å². The number of aryl methyl sites for hydroxylation is 1. The van der Waals surface area contributed by atoms with E-state index in [2.05, 4.69) is 41.5 Å². The number of anilines is 1. The van der Waals surface area contributed by atoms with Crippen LogP contribution in [0.3, 0.4) is 0 Å². The first-order valence-electron chi connectivity index (χ1n) is 9.94. The molecule has 0 unspecified atom stereocenters. The van der Waals surface area contributed by atoms with Crippen LogP contribution in [0.15, 0.2) is 54.7 Å². The molecule has 0 saturated heterocycles. The van der Waals surface area contributed by atoms with Gasteiger partial charge in [0.15, 0.2) is 0 Å². The fourth-order valence-corrected chi connectivity index (χ4v) is 4.34. The van der Waals surface area contributed by atoms with Crippen molar-refractivity contribution in [1.82, 2.24) is 4.98 Å². The lowest BCUT2D eigenvalue weighted by Gasteiger charge is -2.36. The maximum atomic E-state index is 13.6. The van der Waals surface area contributed by atoms with Gasteiger partial charge < -0.3 is 10.1 Å². The van der Waals surface area contributed by atoms with E-state index in [4.69, 9.17) is 4.74 Å². The number of carbonyl (C=O) groups is 1. The topological polar surface area (TPSA) is 51.2 Å². The van der Waals surface area contributed by atoms with Gasteiger partial charge in [0.2, 0.25) is 5.91 Å². The Morgan fingerprint density at radius 2 is 1.79 bits per heavy atom. The molecule has 2 aromatic carbocycles. The Kier molecular flexibility index (Phi) is 5.03. The first-order chi connectivity index (χ1) is 13.6. The third-order valence-corrected chi connectivity index (χ3v) is 5.95. The number of nitrogens with one attached hydrogen (secondary N) is 1. The highest BCUT2D eigenvalue weighted by Gasteiger charge is 2.41. The summed E-state index contributed by atoms with van der Waals surface area (Å²) in [6.07, 6.45) is 6.85. The minimum Gasteiger partial charge on any atom is -0.494 e. The van der Waals surface area contributed by atoms with Crippen molar-refractivity contribution in [2.75, 3.05) is 12.4 Å². The lowest BCUT2D eigenvalue weighted by Crippen LogP contribution is -2.42. The molecule has 3 aromatic rings.